The van der Waals surface area contributed by atoms with Crippen LogP contribution in [0.4, 0.5) is 11.4 Å². The van der Waals surface area contributed by atoms with E-state index >= 15 is 0 Å². The Morgan fingerprint density at radius 3 is 2.61 bits per heavy atom. The average Bonchev–Trinajstić information content (AvgIpc) is 2.55. The van der Waals surface area contributed by atoms with Crippen molar-refractivity contribution >= 4 is 17.3 Å². The van der Waals surface area contributed by atoms with Gasteiger partial charge in [-0.2, -0.15) is 0 Å². The molecule has 0 aromatic heterocycles. The Morgan fingerprint density at radius 1 is 1.26 bits per heavy atom. The van der Waals surface area contributed by atoms with Crippen molar-refractivity contribution in [1.29, 1.82) is 0 Å². The summed E-state index contributed by atoms with van der Waals surface area (Å²) in [5.41, 5.74) is 2.07. The fourth-order valence-electron chi connectivity index (χ4n) is 1.96. The van der Waals surface area contributed by atoms with E-state index in [1.165, 1.54) is 12.1 Å². The first-order chi connectivity index (χ1) is 11.0. The molecule has 0 aliphatic rings. The van der Waals surface area contributed by atoms with Crippen molar-refractivity contribution in [2.75, 3.05) is 5.32 Å². The molecule has 0 bridgehead atoms. The van der Waals surface area contributed by atoms with Gasteiger partial charge in [-0.15, -0.1) is 0 Å². The van der Waals surface area contributed by atoms with Gasteiger partial charge in [0.2, 0.25) is 0 Å². The highest BCUT2D eigenvalue weighted by molar-refractivity contribution is 5.94. The number of aryl methyl sites for hydroxylation is 1. The Bertz CT molecular complexity index is 701. The minimum Gasteiger partial charge on any atom is -0.364 e. The number of nitro benzene ring substituents is 1. The van der Waals surface area contributed by atoms with Crippen LogP contribution in [0.3, 0.4) is 0 Å². The number of hydrogen-bond donors (Lipinski definition) is 1. The van der Waals surface area contributed by atoms with Crippen molar-refractivity contribution in [3.05, 3.63) is 69.8 Å². The summed E-state index contributed by atoms with van der Waals surface area (Å²) in [6.07, 6.45) is -0.672. The van der Waals surface area contributed by atoms with E-state index in [4.69, 9.17) is 4.74 Å². The second-order valence-corrected chi connectivity index (χ2v) is 5.18. The van der Waals surface area contributed by atoms with Crippen LogP contribution in [-0.2, 0) is 16.1 Å². The molecule has 6 heteroatoms. The molecule has 2 rings (SSSR count). The van der Waals surface area contributed by atoms with Crippen molar-refractivity contribution in [1.82, 2.24) is 0 Å². The third-order valence-electron chi connectivity index (χ3n) is 3.40. The predicted molar refractivity (Wildman–Crippen MR) is 87.2 cm³/mol. The number of ether oxygens (including phenoxy) is 1. The van der Waals surface area contributed by atoms with E-state index in [0.29, 0.717) is 12.3 Å². The number of carbonyl (C=O) groups excluding carboxylic acids is 1. The molecule has 0 spiro atoms. The topological polar surface area (TPSA) is 81.5 Å². The van der Waals surface area contributed by atoms with E-state index in [1.54, 1.807) is 19.9 Å². The molecule has 23 heavy (non-hydrogen) atoms. The summed E-state index contributed by atoms with van der Waals surface area (Å²) in [5.74, 6) is -0.343. The number of amides is 1. The third kappa shape index (κ3) is 4.62. The maximum absolute atomic E-state index is 12.2. The quantitative estimate of drug-likeness (QED) is 0.654. The lowest BCUT2D eigenvalue weighted by Crippen LogP contribution is -2.28. The Morgan fingerprint density at radius 2 is 1.96 bits per heavy atom. The van der Waals surface area contributed by atoms with Gasteiger partial charge in [-0.05, 0) is 25.0 Å². The van der Waals surface area contributed by atoms with Gasteiger partial charge < -0.3 is 10.1 Å². The zero-order valence-corrected chi connectivity index (χ0v) is 13.0. The van der Waals surface area contributed by atoms with Gasteiger partial charge in [-0.3, -0.25) is 14.9 Å². The number of carbonyl (C=O) groups is 1. The highest BCUT2D eigenvalue weighted by Crippen LogP contribution is 2.22. The first-order valence-electron chi connectivity index (χ1n) is 7.19. The number of non-ortho nitro benzene ring substituents is 1. The zero-order valence-electron chi connectivity index (χ0n) is 13.0. The first-order valence-corrected chi connectivity index (χ1v) is 7.19. The summed E-state index contributed by atoms with van der Waals surface area (Å²) >= 11 is 0. The number of rotatable bonds is 6. The third-order valence-corrected chi connectivity index (χ3v) is 3.40. The van der Waals surface area contributed by atoms with E-state index in [0.717, 1.165) is 11.1 Å². The second-order valence-electron chi connectivity index (χ2n) is 5.18. The molecule has 2 aromatic carbocycles. The molecule has 0 fully saturated rings. The smallest absolute Gasteiger partial charge is 0.271 e. The fourth-order valence-corrected chi connectivity index (χ4v) is 1.96. The monoisotopic (exact) mass is 314 g/mol. The Hall–Kier alpha value is -2.73. The SMILES string of the molecule is Cc1ccc([N+](=O)[O-])cc1NC(=O)[C@@H](C)OCc1ccccc1. The van der Waals surface area contributed by atoms with E-state index in [1.807, 2.05) is 30.3 Å². The standard InChI is InChI=1S/C17H18N2O4/c1-12-8-9-15(19(21)22)10-16(12)18-17(20)13(2)23-11-14-6-4-3-5-7-14/h3-10,13H,11H2,1-2H3,(H,18,20)/t13-/m1/s1. The number of nitro groups is 1. The van der Waals surface area contributed by atoms with E-state index in [-0.39, 0.29) is 11.6 Å². The molecular formula is C17H18N2O4. The molecular weight excluding hydrogens is 296 g/mol. The van der Waals surface area contributed by atoms with Crippen LogP contribution in [0.25, 0.3) is 0 Å². The molecule has 120 valence electrons. The van der Waals surface area contributed by atoms with E-state index < -0.39 is 11.0 Å². The second kappa shape index (κ2) is 7.51. The van der Waals surface area contributed by atoms with Crippen molar-refractivity contribution in [2.24, 2.45) is 0 Å². The van der Waals surface area contributed by atoms with Crippen LogP contribution < -0.4 is 5.32 Å². The van der Waals surface area contributed by atoms with Crippen molar-refractivity contribution in [3.63, 3.8) is 0 Å². The van der Waals surface area contributed by atoms with Gasteiger partial charge in [0.1, 0.15) is 6.10 Å². The van der Waals surface area contributed by atoms with E-state index in [9.17, 15) is 14.9 Å². The van der Waals surface area contributed by atoms with Gasteiger partial charge in [0.05, 0.1) is 17.2 Å². The Labute approximate surface area is 134 Å². The molecule has 0 unspecified atom stereocenters. The number of nitrogens with zero attached hydrogens (tertiary/aromatic N) is 1. The molecule has 0 aliphatic heterocycles. The maximum Gasteiger partial charge on any atom is 0.271 e. The van der Waals surface area contributed by atoms with Crippen LogP contribution in [-0.4, -0.2) is 16.9 Å². The summed E-state index contributed by atoms with van der Waals surface area (Å²) < 4.78 is 5.53. The van der Waals surface area contributed by atoms with Crippen LogP contribution in [0.2, 0.25) is 0 Å². The summed E-state index contributed by atoms with van der Waals surface area (Å²) in [6, 6.07) is 13.9. The zero-order chi connectivity index (χ0) is 16.8. The lowest BCUT2D eigenvalue weighted by Gasteiger charge is -2.14. The molecule has 2 aromatic rings. The van der Waals surface area contributed by atoms with Crippen LogP contribution in [0.1, 0.15) is 18.1 Å². The largest absolute Gasteiger partial charge is 0.364 e. The highest BCUT2D eigenvalue weighted by atomic mass is 16.6. The first kappa shape index (κ1) is 16.6. The minimum atomic E-state index is -0.672. The van der Waals surface area contributed by atoms with Gasteiger partial charge >= 0.3 is 0 Å². The van der Waals surface area contributed by atoms with Crippen LogP contribution in [0.5, 0.6) is 0 Å². The molecule has 1 amide bonds. The lowest BCUT2D eigenvalue weighted by atomic mass is 10.1. The number of anilines is 1. The average molecular weight is 314 g/mol. The molecule has 0 aliphatic carbocycles. The number of benzene rings is 2. The Balaban J connectivity index is 1.98. The predicted octanol–water partition coefficient (Wildman–Crippen LogP) is 3.45. The maximum atomic E-state index is 12.2. The summed E-state index contributed by atoms with van der Waals surface area (Å²) in [6.45, 7) is 3.74. The highest BCUT2D eigenvalue weighted by Gasteiger charge is 2.16. The lowest BCUT2D eigenvalue weighted by molar-refractivity contribution is -0.384. The van der Waals surface area contributed by atoms with Gasteiger partial charge in [0.25, 0.3) is 11.6 Å². The molecule has 1 atom stereocenters. The summed E-state index contributed by atoms with van der Waals surface area (Å²) in [7, 11) is 0. The van der Waals surface area contributed by atoms with Crippen LogP contribution >= 0.6 is 0 Å². The van der Waals surface area contributed by atoms with Crippen LogP contribution in [0.15, 0.2) is 48.5 Å². The molecule has 1 N–H and O–H groups in total. The molecule has 0 saturated carbocycles. The fraction of sp³-hybridized carbons (Fsp3) is 0.235. The number of hydrogen-bond acceptors (Lipinski definition) is 4. The van der Waals surface area contributed by atoms with Crippen molar-refractivity contribution < 1.29 is 14.5 Å². The molecule has 0 radical (unpaired) electrons. The van der Waals surface area contributed by atoms with Crippen molar-refractivity contribution in [3.8, 4) is 0 Å². The van der Waals surface area contributed by atoms with Gasteiger partial charge in [0, 0.05) is 12.1 Å². The molecule has 0 heterocycles. The summed E-state index contributed by atoms with van der Waals surface area (Å²) in [5, 5.41) is 13.5. The number of nitrogens with one attached hydrogen (secondary N) is 1. The molecule has 6 nitrogen and oxygen atoms in total. The molecule has 0 saturated heterocycles. The van der Waals surface area contributed by atoms with Gasteiger partial charge in [0.15, 0.2) is 0 Å². The minimum absolute atomic E-state index is 0.0660. The van der Waals surface area contributed by atoms with Gasteiger partial charge in [-0.1, -0.05) is 36.4 Å². The van der Waals surface area contributed by atoms with Crippen LogP contribution in [0, 0.1) is 17.0 Å². The van der Waals surface area contributed by atoms with E-state index in [2.05, 4.69) is 5.32 Å². The van der Waals surface area contributed by atoms with Crippen molar-refractivity contribution in [2.45, 2.75) is 26.6 Å². The normalized spacial score (nSPS) is 11.7. The summed E-state index contributed by atoms with van der Waals surface area (Å²) in [4.78, 5) is 22.5. The van der Waals surface area contributed by atoms with Gasteiger partial charge in [-0.25, -0.2) is 0 Å². The Kier molecular flexibility index (Phi) is 5.43.